The van der Waals surface area contributed by atoms with Crippen LogP contribution in [0.2, 0.25) is 0 Å². The van der Waals surface area contributed by atoms with Gasteiger partial charge in [0.1, 0.15) is 5.69 Å². The predicted octanol–water partition coefficient (Wildman–Crippen LogP) is 3.96. The number of nitrogens with zero attached hydrogens (tertiary/aromatic N) is 2. The molecule has 0 aliphatic heterocycles. The third kappa shape index (κ3) is 4.68. The van der Waals surface area contributed by atoms with Gasteiger partial charge >= 0.3 is 6.18 Å². The van der Waals surface area contributed by atoms with E-state index >= 15 is 0 Å². The number of aromatic nitrogens is 2. The molecule has 0 aliphatic rings. The summed E-state index contributed by atoms with van der Waals surface area (Å²) in [5.41, 5.74) is -1.23. The minimum Gasteiger partial charge on any atom is -0.354 e. The number of unbranched alkanes of at least 4 members (excludes halogenated alkanes) is 1. The topological polar surface area (TPSA) is 66.9 Å². The second-order valence-electron chi connectivity index (χ2n) is 5.04. The van der Waals surface area contributed by atoms with Gasteiger partial charge in [-0.2, -0.15) is 13.2 Å². The molecule has 5 nitrogen and oxygen atoms in total. The van der Waals surface area contributed by atoms with Crippen LogP contribution >= 0.6 is 0 Å². The highest BCUT2D eigenvalue weighted by Crippen LogP contribution is 2.34. The second-order valence-corrected chi connectivity index (χ2v) is 5.04. The van der Waals surface area contributed by atoms with E-state index < -0.39 is 17.6 Å². The van der Waals surface area contributed by atoms with Crippen molar-refractivity contribution < 1.29 is 18.0 Å². The summed E-state index contributed by atoms with van der Waals surface area (Å²) in [6.45, 7) is 2.68. The Morgan fingerprint density at radius 1 is 1.21 bits per heavy atom. The van der Waals surface area contributed by atoms with Crippen molar-refractivity contribution in [3.8, 4) is 0 Å². The number of nitrogens with one attached hydrogen (secondary N) is 2. The van der Waals surface area contributed by atoms with Crippen molar-refractivity contribution in [3.05, 3.63) is 47.8 Å². The number of benzene rings is 1. The molecular weight excluding hydrogens is 321 g/mol. The number of rotatable bonds is 6. The summed E-state index contributed by atoms with van der Waals surface area (Å²) in [6.07, 6.45) is -1.27. The van der Waals surface area contributed by atoms with Crippen LogP contribution in [0, 0.1) is 0 Å². The van der Waals surface area contributed by atoms with Crippen molar-refractivity contribution in [3.63, 3.8) is 0 Å². The van der Waals surface area contributed by atoms with E-state index in [-0.39, 0.29) is 17.3 Å². The van der Waals surface area contributed by atoms with Crippen LogP contribution in [-0.2, 0) is 6.18 Å². The van der Waals surface area contributed by atoms with Gasteiger partial charge in [0, 0.05) is 12.7 Å². The van der Waals surface area contributed by atoms with Gasteiger partial charge in [0.15, 0.2) is 0 Å². The molecule has 8 heteroatoms. The molecule has 1 aromatic carbocycles. The number of alkyl halides is 3. The third-order valence-corrected chi connectivity index (χ3v) is 3.18. The first-order valence-electron chi connectivity index (χ1n) is 7.46. The lowest BCUT2D eigenvalue weighted by Crippen LogP contribution is -2.18. The quantitative estimate of drug-likeness (QED) is 0.783. The number of amides is 1. The summed E-state index contributed by atoms with van der Waals surface area (Å²) in [4.78, 5) is 20.2. The zero-order valence-corrected chi connectivity index (χ0v) is 13.0. The first-order chi connectivity index (χ1) is 11.4. The summed E-state index contributed by atoms with van der Waals surface area (Å²) in [5.74, 6) is -0.465. The van der Waals surface area contributed by atoms with Gasteiger partial charge in [0.25, 0.3) is 5.91 Å². The van der Waals surface area contributed by atoms with E-state index in [9.17, 15) is 18.0 Å². The number of carbonyl (C=O) groups excluding carboxylic acids is 1. The van der Waals surface area contributed by atoms with E-state index in [1.165, 1.54) is 30.5 Å². The minimum absolute atomic E-state index is 0.0130. The van der Waals surface area contributed by atoms with Crippen LogP contribution in [0.5, 0.6) is 0 Å². The molecule has 2 N–H and O–H groups in total. The molecule has 0 saturated heterocycles. The number of hydrogen-bond acceptors (Lipinski definition) is 4. The summed E-state index contributed by atoms with van der Waals surface area (Å²) in [7, 11) is 0. The highest BCUT2D eigenvalue weighted by molar-refractivity contribution is 6.03. The standard InChI is InChI=1S/C16H17F3N4O/c1-2-3-9-20-15-21-10-8-13(23-15)14(24)22-12-7-5-4-6-11(12)16(17,18)19/h4-8,10H,2-3,9H2,1H3,(H,22,24)(H,20,21,23). The van der Waals surface area contributed by atoms with Gasteiger partial charge in [0.05, 0.1) is 11.3 Å². The van der Waals surface area contributed by atoms with E-state index in [2.05, 4.69) is 20.6 Å². The number of para-hydroxylation sites is 1. The van der Waals surface area contributed by atoms with E-state index in [0.29, 0.717) is 6.54 Å². The zero-order chi connectivity index (χ0) is 17.6. The molecule has 0 fully saturated rings. The molecule has 2 rings (SSSR count). The van der Waals surface area contributed by atoms with E-state index in [0.717, 1.165) is 18.9 Å². The Bertz CT molecular complexity index is 704. The van der Waals surface area contributed by atoms with Crippen LogP contribution in [0.4, 0.5) is 24.8 Å². The summed E-state index contributed by atoms with van der Waals surface area (Å²) in [6, 6.07) is 6.13. The first kappa shape index (κ1) is 17.7. The Morgan fingerprint density at radius 3 is 2.67 bits per heavy atom. The van der Waals surface area contributed by atoms with E-state index in [1.807, 2.05) is 6.92 Å². The molecule has 1 heterocycles. The summed E-state index contributed by atoms with van der Waals surface area (Å²) < 4.78 is 38.9. The van der Waals surface area contributed by atoms with Gasteiger partial charge in [0.2, 0.25) is 5.95 Å². The fourth-order valence-corrected chi connectivity index (χ4v) is 1.97. The Hall–Kier alpha value is -2.64. The Kier molecular flexibility index (Phi) is 5.73. The van der Waals surface area contributed by atoms with Crippen LogP contribution in [0.1, 0.15) is 35.8 Å². The van der Waals surface area contributed by atoms with Crippen LogP contribution in [0.3, 0.4) is 0 Å². The largest absolute Gasteiger partial charge is 0.418 e. The number of hydrogen-bond donors (Lipinski definition) is 2. The second kappa shape index (κ2) is 7.76. The molecule has 1 amide bonds. The molecule has 128 valence electrons. The maximum atomic E-state index is 13.0. The highest BCUT2D eigenvalue weighted by Gasteiger charge is 2.33. The molecular formula is C16H17F3N4O. The van der Waals surface area contributed by atoms with Crippen LogP contribution in [-0.4, -0.2) is 22.4 Å². The van der Waals surface area contributed by atoms with Crippen LogP contribution in [0.25, 0.3) is 0 Å². The van der Waals surface area contributed by atoms with Gasteiger partial charge in [-0.15, -0.1) is 0 Å². The molecule has 24 heavy (non-hydrogen) atoms. The molecule has 0 aliphatic carbocycles. The average molecular weight is 338 g/mol. The molecule has 0 radical (unpaired) electrons. The fourth-order valence-electron chi connectivity index (χ4n) is 1.97. The molecule has 0 saturated carbocycles. The van der Waals surface area contributed by atoms with Gasteiger partial charge in [-0.1, -0.05) is 25.5 Å². The van der Waals surface area contributed by atoms with Crippen molar-refractivity contribution in [1.82, 2.24) is 9.97 Å². The molecule has 0 atom stereocenters. The van der Waals surface area contributed by atoms with Crippen molar-refractivity contribution in [2.45, 2.75) is 25.9 Å². The van der Waals surface area contributed by atoms with Crippen molar-refractivity contribution in [1.29, 1.82) is 0 Å². The number of carbonyl (C=O) groups is 1. The smallest absolute Gasteiger partial charge is 0.354 e. The SMILES string of the molecule is CCCCNc1nccc(C(=O)Nc2ccccc2C(F)(F)F)n1. The fraction of sp³-hybridized carbons (Fsp3) is 0.312. The predicted molar refractivity (Wildman–Crippen MR) is 84.8 cm³/mol. The molecule has 1 aromatic heterocycles. The normalized spacial score (nSPS) is 11.2. The van der Waals surface area contributed by atoms with E-state index in [1.54, 1.807) is 0 Å². The maximum absolute atomic E-state index is 13.0. The zero-order valence-electron chi connectivity index (χ0n) is 13.0. The monoisotopic (exact) mass is 338 g/mol. The van der Waals surface area contributed by atoms with Gasteiger partial charge in [-0.25, -0.2) is 9.97 Å². The Morgan fingerprint density at radius 2 is 1.96 bits per heavy atom. The Labute approximate surface area is 137 Å². The molecule has 0 spiro atoms. The van der Waals surface area contributed by atoms with Crippen LogP contribution < -0.4 is 10.6 Å². The van der Waals surface area contributed by atoms with Gasteiger partial charge in [-0.3, -0.25) is 4.79 Å². The molecule has 2 aromatic rings. The molecule has 0 unspecified atom stereocenters. The number of anilines is 2. The van der Waals surface area contributed by atoms with Crippen LogP contribution in [0.15, 0.2) is 36.5 Å². The lowest BCUT2D eigenvalue weighted by atomic mass is 10.1. The first-order valence-corrected chi connectivity index (χ1v) is 7.46. The lowest BCUT2D eigenvalue weighted by Gasteiger charge is -2.13. The average Bonchev–Trinajstić information content (AvgIpc) is 2.55. The van der Waals surface area contributed by atoms with E-state index in [4.69, 9.17) is 0 Å². The highest BCUT2D eigenvalue weighted by atomic mass is 19.4. The minimum atomic E-state index is -4.55. The third-order valence-electron chi connectivity index (χ3n) is 3.18. The number of halogens is 3. The molecule has 0 bridgehead atoms. The lowest BCUT2D eigenvalue weighted by molar-refractivity contribution is -0.136. The van der Waals surface area contributed by atoms with Crippen molar-refractivity contribution in [2.75, 3.05) is 17.2 Å². The maximum Gasteiger partial charge on any atom is 0.418 e. The summed E-state index contributed by atoms with van der Waals surface area (Å²) >= 11 is 0. The van der Waals surface area contributed by atoms with Crippen molar-refractivity contribution >= 4 is 17.5 Å². The Balaban J connectivity index is 2.15. The van der Waals surface area contributed by atoms with Gasteiger partial charge in [-0.05, 0) is 24.6 Å². The van der Waals surface area contributed by atoms with Crippen molar-refractivity contribution in [2.24, 2.45) is 0 Å². The summed E-state index contributed by atoms with van der Waals surface area (Å²) in [5, 5.41) is 5.21. The van der Waals surface area contributed by atoms with Gasteiger partial charge < -0.3 is 10.6 Å².